The Morgan fingerprint density at radius 2 is 1.87 bits per heavy atom. The van der Waals surface area contributed by atoms with Crippen molar-refractivity contribution in [1.29, 1.82) is 5.26 Å². The van der Waals surface area contributed by atoms with Gasteiger partial charge in [-0.05, 0) is 42.2 Å². The molecule has 0 amide bonds. The van der Waals surface area contributed by atoms with Crippen LogP contribution in [0.15, 0.2) is 40.1 Å². The van der Waals surface area contributed by atoms with E-state index in [4.69, 9.17) is 4.98 Å². The molecule has 2 atom stereocenters. The van der Waals surface area contributed by atoms with Gasteiger partial charge in [0.05, 0.1) is 35.4 Å². The summed E-state index contributed by atoms with van der Waals surface area (Å²) >= 11 is 0. The number of nitrogens with zero attached hydrogens (tertiary/aromatic N) is 7. The molecular weight excluding hydrogens is 507 g/mol. The van der Waals surface area contributed by atoms with Crippen LogP contribution >= 0.6 is 0 Å². The molecule has 1 saturated heterocycles. The van der Waals surface area contributed by atoms with Gasteiger partial charge in [-0.3, -0.25) is 19.0 Å². The topological polar surface area (TPSA) is 82.4 Å². The monoisotopic (exact) mass is 539 g/mol. The number of piperazine rings is 1. The molecule has 206 valence electrons. The van der Waals surface area contributed by atoms with Crippen LogP contribution in [0.3, 0.4) is 0 Å². The first-order valence-electron chi connectivity index (χ1n) is 13.0. The van der Waals surface area contributed by atoms with Gasteiger partial charge in [0.2, 0.25) is 0 Å². The zero-order chi connectivity index (χ0) is 28.3. The molecule has 0 aliphatic carbocycles. The molecular formula is C28H32F3N7O. The van der Waals surface area contributed by atoms with Gasteiger partial charge in [-0.25, -0.2) is 9.78 Å². The first-order valence-corrected chi connectivity index (χ1v) is 13.0. The standard InChI is InChI=1S/C28H32F3N7O/c1-17-24-34-23(28(29,30)31)15-37(24)11-10-36(17)14-18-6-7-19(13-32)20(12-18)21-8-9-22-25(33-21)35(5)26(39)38(22)16-27(2,3)4/h6-9,12,17,23H,10-11,14-16H2,1-5H3. The Labute approximate surface area is 225 Å². The Bertz CT molecular complexity index is 1550. The van der Waals surface area contributed by atoms with Crippen molar-refractivity contribution in [3.63, 3.8) is 0 Å². The number of imidazole rings is 1. The van der Waals surface area contributed by atoms with Crippen molar-refractivity contribution < 1.29 is 13.2 Å². The van der Waals surface area contributed by atoms with E-state index in [0.29, 0.717) is 54.5 Å². The Morgan fingerprint density at radius 3 is 2.54 bits per heavy atom. The normalized spacial score (nSPS) is 20.3. The summed E-state index contributed by atoms with van der Waals surface area (Å²) in [6.07, 6.45) is -4.35. The van der Waals surface area contributed by atoms with E-state index in [0.717, 1.165) is 11.1 Å². The largest absolute Gasteiger partial charge is 0.412 e. The van der Waals surface area contributed by atoms with Crippen molar-refractivity contribution in [3.8, 4) is 17.3 Å². The van der Waals surface area contributed by atoms with E-state index in [2.05, 4.69) is 36.7 Å². The molecule has 11 heteroatoms. The second-order valence-electron chi connectivity index (χ2n) is 11.7. The molecule has 0 spiro atoms. The molecule has 0 bridgehead atoms. The number of pyridine rings is 1. The third-order valence-electron chi connectivity index (χ3n) is 7.44. The number of alkyl halides is 3. The van der Waals surface area contributed by atoms with E-state index in [1.54, 1.807) is 22.6 Å². The van der Waals surface area contributed by atoms with Crippen molar-refractivity contribution in [1.82, 2.24) is 23.9 Å². The van der Waals surface area contributed by atoms with Crippen LogP contribution < -0.4 is 5.69 Å². The summed E-state index contributed by atoms with van der Waals surface area (Å²) in [6.45, 7) is 10.1. The van der Waals surface area contributed by atoms with Crippen LogP contribution in [-0.4, -0.2) is 67.6 Å². The predicted octanol–water partition coefficient (Wildman–Crippen LogP) is 4.17. The number of aliphatic imine (C=N–C) groups is 1. The summed E-state index contributed by atoms with van der Waals surface area (Å²) in [5, 5.41) is 9.81. The van der Waals surface area contributed by atoms with Gasteiger partial charge < -0.3 is 4.90 Å². The quantitative estimate of drug-likeness (QED) is 0.497. The molecule has 2 aromatic heterocycles. The minimum atomic E-state index is -4.35. The zero-order valence-corrected chi connectivity index (χ0v) is 22.7. The first-order chi connectivity index (χ1) is 18.3. The molecule has 0 N–H and O–H groups in total. The summed E-state index contributed by atoms with van der Waals surface area (Å²) in [5.41, 5.74) is 3.63. The van der Waals surface area contributed by atoms with Gasteiger partial charge in [0.1, 0.15) is 5.84 Å². The Balaban J connectivity index is 1.46. The number of aromatic nitrogens is 3. The number of nitriles is 1. The van der Waals surface area contributed by atoms with Gasteiger partial charge in [0, 0.05) is 38.8 Å². The number of rotatable bonds is 4. The van der Waals surface area contributed by atoms with Crippen molar-refractivity contribution in [3.05, 3.63) is 51.9 Å². The van der Waals surface area contributed by atoms with Gasteiger partial charge in [-0.1, -0.05) is 26.8 Å². The maximum Gasteiger partial charge on any atom is 0.412 e. The lowest BCUT2D eigenvalue weighted by atomic mass is 9.97. The fraction of sp³-hybridized carbons (Fsp3) is 0.500. The summed E-state index contributed by atoms with van der Waals surface area (Å²) in [5.74, 6) is 0.477. The van der Waals surface area contributed by atoms with Gasteiger partial charge in [0.25, 0.3) is 0 Å². The van der Waals surface area contributed by atoms with Crippen LogP contribution in [0.5, 0.6) is 0 Å². The summed E-state index contributed by atoms with van der Waals surface area (Å²) in [4.78, 5) is 25.6. The number of hydrogen-bond acceptors (Lipinski definition) is 6. The summed E-state index contributed by atoms with van der Waals surface area (Å²) in [7, 11) is 1.69. The molecule has 2 aliphatic rings. The molecule has 2 unspecified atom stereocenters. The van der Waals surface area contributed by atoms with Gasteiger partial charge >= 0.3 is 11.9 Å². The van der Waals surface area contributed by atoms with Crippen molar-refractivity contribution >= 4 is 17.0 Å². The second-order valence-corrected chi connectivity index (χ2v) is 11.7. The zero-order valence-electron chi connectivity index (χ0n) is 22.7. The maximum atomic E-state index is 13.3. The van der Waals surface area contributed by atoms with Crippen molar-refractivity contribution in [2.75, 3.05) is 19.6 Å². The van der Waals surface area contributed by atoms with Crippen LogP contribution in [-0.2, 0) is 20.1 Å². The number of halogens is 3. The molecule has 4 heterocycles. The highest BCUT2D eigenvalue weighted by molar-refractivity contribution is 5.89. The third-order valence-corrected chi connectivity index (χ3v) is 7.44. The van der Waals surface area contributed by atoms with Crippen LogP contribution in [0.2, 0.25) is 0 Å². The van der Waals surface area contributed by atoms with Gasteiger partial charge in [-0.15, -0.1) is 0 Å². The highest BCUT2D eigenvalue weighted by Crippen LogP contribution is 2.31. The third kappa shape index (κ3) is 5.05. The van der Waals surface area contributed by atoms with E-state index < -0.39 is 12.2 Å². The van der Waals surface area contributed by atoms with E-state index in [9.17, 15) is 23.2 Å². The summed E-state index contributed by atoms with van der Waals surface area (Å²) < 4.78 is 43.1. The number of benzene rings is 1. The molecule has 39 heavy (non-hydrogen) atoms. The average molecular weight is 540 g/mol. The maximum absolute atomic E-state index is 13.3. The lowest BCUT2D eigenvalue weighted by molar-refractivity contribution is -0.146. The van der Waals surface area contributed by atoms with Crippen LogP contribution in [0.4, 0.5) is 13.2 Å². The molecule has 1 aromatic carbocycles. The van der Waals surface area contributed by atoms with E-state index in [1.807, 2.05) is 31.2 Å². The molecule has 2 aliphatic heterocycles. The smallest absolute Gasteiger partial charge is 0.355 e. The van der Waals surface area contributed by atoms with Crippen LogP contribution in [0.1, 0.15) is 38.8 Å². The second kappa shape index (κ2) is 9.52. The molecule has 3 aromatic rings. The number of hydrogen-bond donors (Lipinski definition) is 0. The molecule has 0 radical (unpaired) electrons. The van der Waals surface area contributed by atoms with Gasteiger partial charge in [-0.2, -0.15) is 18.4 Å². The first kappa shape index (κ1) is 26.9. The molecule has 0 saturated carbocycles. The number of aryl methyl sites for hydroxylation is 1. The fourth-order valence-corrected chi connectivity index (χ4v) is 5.45. The molecule has 5 rings (SSSR count). The van der Waals surface area contributed by atoms with Crippen LogP contribution in [0.25, 0.3) is 22.4 Å². The van der Waals surface area contributed by atoms with Crippen molar-refractivity contribution in [2.24, 2.45) is 17.5 Å². The molecule has 8 nitrogen and oxygen atoms in total. The van der Waals surface area contributed by atoms with Gasteiger partial charge in [0.15, 0.2) is 11.7 Å². The average Bonchev–Trinajstić information content (AvgIpc) is 3.41. The Hall–Kier alpha value is -3.65. The number of fused-ring (bicyclic) bond motifs is 2. The van der Waals surface area contributed by atoms with E-state index in [1.165, 1.54) is 4.57 Å². The Morgan fingerprint density at radius 1 is 1.13 bits per heavy atom. The predicted molar refractivity (Wildman–Crippen MR) is 143 cm³/mol. The van der Waals surface area contributed by atoms with E-state index >= 15 is 0 Å². The SMILES string of the molecule is CC1C2=NC(C(F)(F)F)CN2CCN1Cc1ccc(C#N)c(-c2ccc3c(n2)n(C)c(=O)n3CC(C)(C)C)c1. The van der Waals surface area contributed by atoms with Crippen molar-refractivity contribution in [2.45, 2.75) is 59.0 Å². The highest BCUT2D eigenvalue weighted by atomic mass is 19.4. The highest BCUT2D eigenvalue weighted by Gasteiger charge is 2.47. The lowest BCUT2D eigenvalue weighted by Gasteiger charge is -2.39. The minimum absolute atomic E-state index is 0.0978. The van der Waals surface area contributed by atoms with Crippen LogP contribution in [0, 0.1) is 16.7 Å². The lowest BCUT2D eigenvalue weighted by Crippen LogP contribution is -2.54. The summed E-state index contributed by atoms with van der Waals surface area (Å²) in [6, 6.07) is 9.51. The molecule has 1 fully saturated rings. The number of amidine groups is 1. The Kier molecular flexibility index (Phi) is 6.58. The minimum Gasteiger partial charge on any atom is -0.355 e. The fourth-order valence-electron chi connectivity index (χ4n) is 5.45. The van der Waals surface area contributed by atoms with E-state index in [-0.39, 0.29) is 23.7 Å².